The van der Waals surface area contributed by atoms with Crippen LogP contribution in [0.2, 0.25) is 0 Å². The maximum absolute atomic E-state index is 10.6. The van der Waals surface area contributed by atoms with Crippen LogP contribution in [0.4, 0.5) is 0 Å². The number of carboxylic acid groups (broad SMARTS) is 1. The average Bonchev–Trinajstić information content (AvgIpc) is 2.46. The minimum Gasteiger partial charge on any atom is -0.478 e. The van der Waals surface area contributed by atoms with Crippen molar-refractivity contribution in [2.75, 3.05) is 0 Å². The molecular weight excluding hydrogens is 240 g/mol. The monoisotopic (exact) mass is 254 g/mol. The molecule has 0 aromatic heterocycles. The maximum atomic E-state index is 10.6. The zero-order valence-electron chi connectivity index (χ0n) is 10.3. The fraction of sp³-hybridized carbons (Fsp3) is 0.0625. The third-order valence-electron chi connectivity index (χ3n) is 2.79. The molecule has 0 spiro atoms. The normalized spacial score (nSPS) is 10.8. The number of carbonyl (C=O) groups is 1. The minimum atomic E-state index is -0.981. The van der Waals surface area contributed by atoms with E-state index in [4.69, 9.17) is 5.11 Å². The molecule has 0 aliphatic heterocycles. The highest BCUT2D eigenvalue weighted by Gasteiger charge is 2.04. The van der Waals surface area contributed by atoms with Crippen molar-refractivity contribution in [2.45, 2.75) is 6.61 Å². The lowest BCUT2D eigenvalue weighted by Gasteiger charge is -2.08. The van der Waals surface area contributed by atoms with Gasteiger partial charge in [0.05, 0.1) is 6.61 Å². The second-order valence-corrected chi connectivity index (χ2v) is 4.12. The molecule has 2 aromatic rings. The van der Waals surface area contributed by atoms with Gasteiger partial charge in [0.2, 0.25) is 0 Å². The van der Waals surface area contributed by atoms with Crippen molar-refractivity contribution in [3.63, 3.8) is 0 Å². The Hall–Kier alpha value is -2.39. The van der Waals surface area contributed by atoms with Crippen LogP contribution < -0.4 is 0 Å². The topological polar surface area (TPSA) is 57.5 Å². The van der Waals surface area contributed by atoms with E-state index in [0.29, 0.717) is 0 Å². The van der Waals surface area contributed by atoms with Gasteiger partial charge in [-0.3, -0.25) is 0 Å². The van der Waals surface area contributed by atoms with Gasteiger partial charge in [0.1, 0.15) is 0 Å². The largest absolute Gasteiger partial charge is 0.478 e. The lowest BCUT2D eigenvalue weighted by molar-refractivity contribution is -0.131. The summed E-state index contributed by atoms with van der Waals surface area (Å²) in [5.41, 5.74) is 3.50. The van der Waals surface area contributed by atoms with Gasteiger partial charge in [-0.15, -0.1) is 0 Å². The standard InChI is InChI=1S/C16H14O3/c17-11-12-6-7-14(8-9-16(18)19)15(10-12)13-4-2-1-3-5-13/h1-10,17H,11H2,(H,18,19)/b9-8+. The molecule has 0 atom stereocenters. The third-order valence-corrected chi connectivity index (χ3v) is 2.79. The molecule has 0 bridgehead atoms. The van der Waals surface area contributed by atoms with Crippen LogP contribution in [0.3, 0.4) is 0 Å². The number of aliphatic carboxylic acids is 1. The third kappa shape index (κ3) is 3.30. The lowest BCUT2D eigenvalue weighted by Crippen LogP contribution is -1.90. The summed E-state index contributed by atoms with van der Waals surface area (Å²) >= 11 is 0. The number of aliphatic hydroxyl groups is 1. The van der Waals surface area contributed by atoms with Crippen molar-refractivity contribution < 1.29 is 15.0 Å². The molecule has 0 saturated heterocycles. The van der Waals surface area contributed by atoms with Gasteiger partial charge in [0.25, 0.3) is 0 Å². The summed E-state index contributed by atoms with van der Waals surface area (Å²) in [5.74, 6) is -0.981. The Balaban J connectivity index is 2.52. The molecule has 0 aliphatic carbocycles. The van der Waals surface area contributed by atoms with Gasteiger partial charge in [-0.2, -0.15) is 0 Å². The van der Waals surface area contributed by atoms with Crippen LogP contribution in [-0.2, 0) is 11.4 Å². The van der Waals surface area contributed by atoms with Gasteiger partial charge in [0, 0.05) is 6.08 Å². The second-order valence-electron chi connectivity index (χ2n) is 4.12. The van der Waals surface area contributed by atoms with Gasteiger partial charge in [-0.1, -0.05) is 42.5 Å². The molecule has 0 fully saturated rings. The maximum Gasteiger partial charge on any atom is 0.328 e. The predicted octanol–water partition coefficient (Wildman–Crippen LogP) is 2.94. The van der Waals surface area contributed by atoms with E-state index in [2.05, 4.69) is 0 Å². The molecule has 19 heavy (non-hydrogen) atoms. The van der Waals surface area contributed by atoms with E-state index < -0.39 is 5.97 Å². The first-order valence-electron chi connectivity index (χ1n) is 5.91. The predicted molar refractivity (Wildman–Crippen MR) is 74.5 cm³/mol. The summed E-state index contributed by atoms with van der Waals surface area (Å²) in [6.07, 6.45) is 2.67. The van der Waals surface area contributed by atoms with Crippen molar-refractivity contribution in [1.29, 1.82) is 0 Å². The van der Waals surface area contributed by atoms with Gasteiger partial charge in [-0.25, -0.2) is 4.79 Å². The number of benzene rings is 2. The van der Waals surface area contributed by atoms with Gasteiger partial charge >= 0.3 is 5.97 Å². The molecule has 0 saturated carbocycles. The van der Waals surface area contributed by atoms with Crippen LogP contribution in [0.5, 0.6) is 0 Å². The summed E-state index contributed by atoms with van der Waals surface area (Å²) in [6.45, 7) is -0.0389. The molecular formula is C16H14O3. The molecule has 2 rings (SSSR count). The number of carboxylic acids is 1. The summed E-state index contributed by atoms with van der Waals surface area (Å²) in [4.78, 5) is 10.6. The Labute approximate surface area is 111 Å². The molecule has 2 N–H and O–H groups in total. The Morgan fingerprint density at radius 2 is 1.84 bits per heavy atom. The minimum absolute atomic E-state index is 0.0389. The summed E-state index contributed by atoms with van der Waals surface area (Å²) in [7, 11) is 0. The number of hydrogen-bond acceptors (Lipinski definition) is 2. The van der Waals surface area contributed by atoms with Crippen molar-refractivity contribution >= 4 is 12.0 Å². The Bertz CT molecular complexity index is 601. The van der Waals surface area contributed by atoms with Gasteiger partial charge < -0.3 is 10.2 Å². The number of rotatable bonds is 4. The molecule has 0 heterocycles. The van der Waals surface area contributed by atoms with Crippen LogP contribution in [0, 0.1) is 0 Å². The number of hydrogen-bond donors (Lipinski definition) is 2. The molecule has 3 heteroatoms. The fourth-order valence-corrected chi connectivity index (χ4v) is 1.88. The van der Waals surface area contributed by atoms with Crippen molar-refractivity contribution in [3.05, 3.63) is 65.7 Å². The first-order valence-corrected chi connectivity index (χ1v) is 5.91. The summed E-state index contributed by atoms with van der Waals surface area (Å²) in [5, 5.41) is 17.9. The summed E-state index contributed by atoms with van der Waals surface area (Å²) < 4.78 is 0. The second kappa shape index (κ2) is 5.98. The van der Waals surface area contributed by atoms with E-state index in [1.165, 1.54) is 0 Å². The molecule has 0 unspecified atom stereocenters. The van der Waals surface area contributed by atoms with Crippen LogP contribution in [0.15, 0.2) is 54.6 Å². The van der Waals surface area contributed by atoms with E-state index in [1.54, 1.807) is 12.1 Å². The van der Waals surface area contributed by atoms with Crippen LogP contribution in [0.25, 0.3) is 17.2 Å². The van der Waals surface area contributed by atoms with Crippen LogP contribution in [-0.4, -0.2) is 16.2 Å². The molecule has 0 aliphatic rings. The molecule has 0 radical (unpaired) electrons. The van der Waals surface area contributed by atoms with E-state index in [9.17, 15) is 9.90 Å². The van der Waals surface area contributed by atoms with E-state index in [0.717, 1.165) is 28.3 Å². The van der Waals surface area contributed by atoms with E-state index >= 15 is 0 Å². The first kappa shape index (κ1) is 13.1. The van der Waals surface area contributed by atoms with E-state index in [-0.39, 0.29) is 6.61 Å². The lowest BCUT2D eigenvalue weighted by atomic mass is 9.97. The van der Waals surface area contributed by atoms with Gasteiger partial charge in [0.15, 0.2) is 0 Å². The van der Waals surface area contributed by atoms with Crippen molar-refractivity contribution in [3.8, 4) is 11.1 Å². The zero-order valence-corrected chi connectivity index (χ0v) is 10.3. The Kier molecular flexibility index (Phi) is 4.11. The van der Waals surface area contributed by atoms with Crippen LogP contribution in [0.1, 0.15) is 11.1 Å². The van der Waals surface area contributed by atoms with Gasteiger partial charge in [-0.05, 0) is 34.4 Å². The smallest absolute Gasteiger partial charge is 0.328 e. The Morgan fingerprint density at radius 3 is 2.47 bits per heavy atom. The fourth-order valence-electron chi connectivity index (χ4n) is 1.88. The summed E-state index contributed by atoms with van der Waals surface area (Å²) in [6, 6.07) is 15.1. The zero-order chi connectivity index (χ0) is 13.7. The van der Waals surface area contributed by atoms with E-state index in [1.807, 2.05) is 42.5 Å². The highest BCUT2D eigenvalue weighted by atomic mass is 16.4. The molecule has 0 amide bonds. The molecule has 3 nitrogen and oxygen atoms in total. The molecule has 96 valence electrons. The van der Waals surface area contributed by atoms with Crippen molar-refractivity contribution in [2.24, 2.45) is 0 Å². The van der Waals surface area contributed by atoms with Crippen LogP contribution >= 0.6 is 0 Å². The molecule has 2 aromatic carbocycles. The van der Waals surface area contributed by atoms with Crippen molar-refractivity contribution in [1.82, 2.24) is 0 Å². The number of aliphatic hydroxyl groups excluding tert-OH is 1. The highest BCUT2D eigenvalue weighted by molar-refractivity contribution is 5.88. The quantitative estimate of drug-likeness (QED) is 0.825. The Morgan fingerprint density at radius 1 is 1.11 bits per heavy atom. The SMILES string of the molecule is O=C(O)/C=C/c1ccc(CO)cc1-c1ccccc1. The first-order chi connectivity index (χ1) is 9.20. The average molecular weight is 254 g/mol. The highest BCUT2D eigenvalue weighted by Crippen LogP contribution is 2.26.